The van der Waals surface area contributed by atoms with Crippen molar-refractivity contribution < 1.29 is 38.0 Å². The predicted octanol–water partition coefficient (Wildman–Crippen LogP) is 2.38. The zero-order valence-corrected chi connectivity index (χ0v) is 17.7. The van der Waals surface area contributed by atoms with Gasteiger partial charge in [0.1, 0.15) is 6.61 Å². The summed E-state index contributed by atoms with van der Waals surface area (Å²) in [5.41, 5.74) is 0. The van der Waals surface area contributed by atoms with Crippen molar-refractivity contribution in [3.8, 4) is 0 Å². The van der Waals surface area contributed by atoms with Crippen molar-refractivity contribution in [2.45, 2.75) is 46.0 Å². The Balaban J connectivity index is 3.29. The van der Waals surface area contributed by atoms with Gasteiger partial charge in [-0.3, -0.25) is 9.59 Å². The molecule has 0 fully saturated rings. The molecule has 0 N–H and O–H groups in total. The van der Waals surface area contributed by atoms with Crippen LogP contribution in [0.15, 0.2) is 0 Å². The van der Waals surface area contributed by atoms with Crippen molar-refractivity contribution in [3.63, 3.8) is 0 Å². The summed E-state index contributed by atoms with van der Waals surface area (Å²) in [7, 11) is 1.35. The Morgan fingerprint density at radius 1 is 0.750 bits per heavy atom. The third-order valence-corrected chi connectivity index (χ3v) is 4.00. The second-order valence-corrected chi connectivity index (χ2v) is 6.19. The molecule has 0 spiro atoms. The van der Waals surface area contributed by atoms with E-state index < -0.39 is 0 Å². The van der Waals surface area contributed by atoms with Gasteiger partial charge in [-0.05, 0) is 12.8 Å². The average Bonchev–Trinajstić information content (AvgIpc) is 2.71. The van der Waals surface area contributed by atoms with E-state index in [0.29, 0.717) is 52.9 Å². The molecule has 0 aromatic rings. The van der Waals surface area contributed by atoms with Gasteiger partial charge in [-0.25, -0.2) is 0 Å². The van der Waals surface area contributed by atoms with E-state index in [1.165, 1.54) is 7.11 Å². The fourth-order valence-corrected chi connectivity index (χ4v) is 2.28. The Labute approximate surface area is 169 Å². The molecular formula is C20H38O8. The lowest BCUT2D eigenvalue weighted by molar-refractivity contribution is -0.150. The van der Waals surface area contributed by atoms with Gasteiger partial charge in [0.15, 0.2) is 0 Å². The molecule has 0 aromatic heterocycles. The highest BCUT2D eigenvalue weighted by atomic mass is 16.6. The van der Waals surface area contributed by atoms with Crippen LogP contribution >= 0.6 is 0 Å². The number of carbonyl (C=O) groups excluding carboxylic acids is 2. The maximum Gasteiger partial charge on any atom is 0.308 e. The van der Waals surface area contributed by atoms with Crippen LogP contribution in [-0.2, 0) is 38.0 Å². The first kappa shape index (κ1) is 26.8. The van der Waals surface area contributed by atoms with Crippen molar-refractivity contribution in [1.29, 1.82) is 0 Å². The van der Waals surface area contributed by atoms with E-state index in [2.05, 4.69) is 11.7 Å². The Morgan fingerprint density at radius 3 is 1.71 bits per heavy atom. The SMILES string of the molecule is CCCCC(CC)C(=O)OCCOCCOCCOCCOCCC(=O)OC. The van der Waals surface area contributed by atoms with Crippen LogP contribution in [0.1, 0.15) is 46.0 Å². The molecule has 0 aliphatic heterocycles. The number of unbranched alkanes of at least 4 members (excludes halogenated alkanes) is 1. The van der Waals surface area contributed by atoms with Crippen LogP contribution in [0, 0.1) is 5.92 Å². The van der Waals surface area contributed by atoms with Gasteiger partial charge in [0.2, 0.25) is 0 Å². The number of methoxy groups -OCH3 is 1. The summed E-state index contributed by atoms with van der Waals surface area (Å²) in [5, 5.41) is 0. The number of hydrogen-bond acceptors (Lipinski definition) is 8. The summed E-state index contributed by atoms with van der Waals surface area (Å²) in [4.78, 5) is 22.7. The van der Waals surface area contributed by atoms with Gasteiger partial charge in [0.25, 0.3) is 0 Å². The van der Waals surface area contributed by atoms with Crippen LogP contribution in [0.4, 0.5) is 0 Å². The summed E-state index contributed by atoms with van der Waals surface area (Å²) in [6, 6.07) is 0. The van der Waals surface area contributed by atoms with Crippen molar-refractivity contribution >= 4 is 11.9 Å². The van der Waals surface area contributed by atoms with Crippen LogP contribution < -0.4 is 0 Å². The molecule has 0 aliphatic carbocycles. The predicted molar refractivity (Wildman–Crippen MR) is 104 cm³/mol. The minimum Gasteiger partial charge on any atom is -0.469 e. The van der Waals surface area contributed by atoms with Gasteiger partial charge >= 0.3 is 11.9 Å². The number of ether oxygens (including phenoxy) is 6. The second-order valence-electron chi connectivity index (χ2n) is 6.19. The zero-order valence-electron chi connectivity index (χ0n) is 17.7. The monoisotopic (exact) mass is 406 g/mol. The third kappa shape index (κ3) is 16.9. The Morgan fingerprint density at radius 2 is 1.25 bits per heavy atom. The molecule has 0 heterocycles. The van der Waals surface area contributed by atoms with Crippen LogP contribution in [0.5, 0.6) is 0 Å². The number of hydrogen-bond donors (Lipinski definition) is 0. The molecule has 1 atom stereocenters. The molecule has 28 heavy (non-hydrogen) atoms. The van der Waals surface area contributed by atoms with E-state index in [9.17, 15) is 9.59 Å². The van der Waals surface area contributed by atoms with E-state index in [1.807, 2.05) is 6.92 Å². The maximum absolute atomic E-state index is 11.9. The van der Waals surface area contributed by atoms with Crippen LogP contribution in [0.3, 0.4) is 0 Å². The van der Waals surface area contributed by atoms with Crippen molar-refractivity contribution in [1.82, 2.24) is 0 Å². The molecule has 0 saturated heterocycles. The van der Waals surface area contributed by atoms with E-state index in [-0.39, 0.29) is 30.9 Å². The summed E-state index contributed by atoms with van der Waals surface area (Å²) in [6.45, 7) is 7.82. The van der Waals surface area contributed by atoms with E-state index in [1.54, 1.807) is 0 Å². The van der Waals surface area contributed by atoms with Crippen LogP contribution in [0.25, 0.3) is 0 Å². The second kappa shape index (κ2) is 20.5. The van der Waals surface area contributed by atoms with Crippen molar-refractivity contribution in [2.75, 3.05) is 66.6 Å². The van der Waals surface area contributed by atoms with Gasteiger partial charge < -0.3 is 28.4 Å². The average molecular weight is 407 g/mol. The summed E-state index contributed by atoms with van der Waals surface area (Å²) < 4.78 is 31.1. The Bertz CT molecular complexity index is 375. The maximum atomic E-state index is 11.9. The van der Waals surface area contributed by atoms with Gasteiger partial charge in [-0.1, -0.05) is 26.7 Å². The third-order valence-electron chi connectivity index (χ3n) is 4.00. The van der Waals surface area contributed by atoms with Gasteiger partial charge in [0.05, 0.1) is 72.3 Å². The Hall–Kier alpha value is -1.22. The van der Waals surface area contributed by atoms with Gasteiger partial charge in [0, 0.05) is 0 Å². The molecule has 0 bridgehead atoms. The first-order chi connectivity index (χ1) is 13.7. The summed E-state index contributed by atoms with van der Waals surface area (Å²) >= 11 is 0. The standard InChI is InChI=1S/C20H38O8/c1-4-6-7-18(5-2)20(22)28-17-16-27-15-14-26-13-12-25-11-10-24-9-8-19(21)23-3/h18H,4-17H2,1-3H3. The molecule has 0 rings (SSSR count). The highest BCUT2D eigenvalue weighted by Crippen LogP contribution is 2.14. The lowest BCUT2D eigenvalue weighted by Gasteiger charge is -2.13. The number of esters is 2. The molecule has 1 unspecified atom stereocenters. The first-order valence-corrected chi connectivity index (χ1v) is 10.2. The normalized spacial score (nSPS) is 12.0. The number of carbonyl (C=O) groups is 2. The highest BCUT2D eigenvalue weighted by molar-refractivity contribution is 5.72. The van der Waals surface area contributed by atoms with Crippen molar-refractivity contribution in [2.24, 2.45) is 5.92 Å². The van der Waals surface area contributed by atoms with E-state index in [4.69, 9.17) is 23.7 Å². The molecule has 8 heteroatoms. The molecule has 0 radical (unpaired) electrons. The molecular weight excluding hydrogens is 368 g/mol. The van der Waals surface area contributed by atoms with Crippen LogP contribution in [0.2, 0.25) is 0 Å². The topological polar surface area (TPSA) is 89.5 Å². The fraction of sp³-hybridized carbons (Fsp3) is 0.900. The van der Waals surface area contributed by atoms with E-state index in [0.717, 1.165) is 25.7 Å². The summed E-state index contributed by atoms with van der Waals surface area (Å²) in [5.74, 6) is -0.407. The van der Waals surface area contributed by atoms with Crippen LogP contribution in [-0.4, -0.2) is 78.5 Å². The van der Waals surface area contributed by atoms with Gasteiger partial charge in [-0.2, -0.15) is 0 Å². The minimum atomic E-state index is -0.285. The molecule has 0 saturated carbocycles. The molecule has 0 aromatic carbocycles. The molecule has 0 aliphatic rings. The Kier molecular flexibility index (Phi) is 19.6. The number of rotatable bonds is 20. The molecule has 0 amide bonds. The first-order valence-electron chi connectivity index (χ1n) is 10.2. The lowest BCUT2D eigenvalue weighted by atomic mass is 10.00. The molecule has 8 nitrogen and oxygen atoms in total. The molecule has 166 valence electrons. The summed E-state index contributed by atoms with van der Waals surface area (Å²) in [6.07, 6.45) is 4.09. The minimum absolute atomic E-state index is 0.00142. The highest BCUT2D eigenvalue weighted by Gasteiger charge is 2.16. The largest absolute Gasteiger partial charge is 0.469 e. The van der Waals surface area contributed by atoms with E-state index >= 15 is 0 Å². The smallest absolute Gasteiger partial charge is 0.308 e. The quantitative estimate of drug-likeness (QED) is 0.225. The van der Waals surface area contributed by atoms with Crippen molar-refractivity contribution in [3.05, 3.63) is 0 Å². The van der Waals surface area contributed by atoms with Gasteiger partial charge in [-0.15, -0.1) is 0 Å². The zero-order chi connectivity index (χ0) is 20.9. The lowest BCUT2D eigenvalue weighted by Crippen LogP contribution is -2.20. The fourth-order valence-electron chi connectivity index (χ4n) is 2.28.